The van der Waals surface area contributed by atoms with Crippen LogP contribution in [0.1, 0.15) is 43.9 Å². The first-order valence-corrected chi connectivity index (χ1v) is 9.46. The molecule has 0 aliphatic carbocycles. The zero-order chi connectivity index (χ0) is 19.4. The van der Waals surface area contributed by atoms with Gasteiger partial charge in [0.2, 0.25) is 0 Å². The number of nitrogens with one attached hydrogen (secondary N) is 1. The minimum Gasteiger partial charge on any atom is -0.465 e. The van der Waals surface area contributed by atoms with Crippen LogP contribution < -0.4 is 5.32 Å². The van der Waals surface area contributed by atoms with Crippen molar-refractivity contribution in [3.63, 3.8) is 0 Å². The zero-order valence-corrected chi connectivity index (χ0v) is 16.3. The second-order valence-electron chi connectivity index (χ2n) is 6.22. The molecule has 1 amide bonds. The molecule has 0 saturated heterocycles. The van der Waals surface area contributed by atoms with Crippen LogP contribution in [0, 0.1) is 20.8 Å². The minimum absolute atomic E-state index is 0.281. The molecule has 0 bridgehead atoms. The Morgan fingerprint density at radius 2 is 1.81 bits per heavy atom. The average molecular weight is 383 g/mol. The van der Waals surface area contributed by atoms with E-state index in [0.29, 0.717) is 17.1 Å². The number of carbonyl (C=O) groups is 2. The van der Waals surface area contributed by atoms with E-state index in [2.05, 4.69) is 5.32 Å². The number of hydrogen-bond acceptors (Lipinski definition) is 5. The maximum Gasteiger partial charge on any atom is 0.342 e. The van der Waals surface area contributed by atoms with Crippen molar-refractivity contribution in [1.29, 1.82) is 0 Å². The zero-order valence-electron chi connectivity index (χ0n) is 15.4. The van der Waals surface area contributed by atoms with Crippen LogP contribution >= 0.6 is 11.3 Å². The van der Waals surface area contributed by atoms with E-state index >= 15 is 0 Å². The van der Waals surface area contributed by atoms with Crippen LogP contribution in [0.25, 0.3) is 0 Å². The number of thiophene rings is 1. The van der Waals surface area contributed by atoms with E-state index < -0.39 is 5.97 Å². The fraction of sp³-hybridized carbons (Fsp3) is 0.238. The highest BCUT2D eigenvalue weighted by molar-refractivity contribution is 7.10. The van der Waals surface area contributed by atoms with Crippen LogP contribution in [-0.2, 0) is 9.53 Å². The van der Waals surface area contributed by atoms with Crippen molar-refractivity contribution in [2.45, 2.75) is 26.8 Å². The van der Waals surface area contributed by atoms with Crippen LogP contribution in [0.4, 0.5) is 0 Å². The van der Waals surface area contributed by atoms with E-state index in [-0.39, 0.29) is 18.6 Å². The summed E-state index contributed by atoms with van der Waals surface area (Å²) in [6.45, 7) is 4.94. The van der Waals surface area contributed by atoms with Crippen LogP contribution in [0.2, 0.25) is 0 Å². The van der Waals surface area contributed by atoms with Crippen molar-refractivity contribution in [3.05, 3.63) is 80.9 Å². The van der Waals surface area contributed by atoms with Crippen molar-refractivity contribution in [3.8, 4) is 0 Å². The molecule has 3 rings (SSSR count). The van der Waals surface area contributed by atoms with Gasteiger partial charge in [-0.1, -0.05) is 36.4 Å². The van der Waals surface area contributed by atoms with Gasteiger partial charge in [0.1, 0.15) is 17.1 Å². The van der Waals surface area contributed by atoms with Crippen molar-refractivity contribution in [2.75, 3.05) is 6.61 Å². The molecule has 0 spiro atoms. The van der Waals surface area contributed by atoms with E-state index in [4.69, 9.17) is 9.15 Å². The monoisotopic (exact) mass is 383 g/mol. The summed E-state index contributed by atoms with van der Waals surface area (Å²) in [4.78, 5) is 25.8. The number of rotatable bonds is 6. The van der Waals surface area contributed by atoms with E-state index in [1.807, 2.05) is 47.8 Å². The van der Waals surface area contributed by atoms with Crippen molar-refractivity contribution in [2.24, 2.45) is 0 Å². The van der Waals surface area contributed by atoms with Gasteiger partial charge >= 0.3 is 5.97 Å². The molecule has 3 aromatic rings. The van der Waals surface area contributed by atoms with Gasteiger partial charge in [-0.3, -0.25) is 4.79 Å². The number of hydrogen-bond donors (Lipinski definition) is 1. The lowest BCUT2D eigenvalue weighted by molar-refractivity contribution is -0.124. The van der Waals surface area contributed by atoms with E-state index in [1.165, 1.54) is 0 Å². The van der Waals surface area contributed by atoms with E-state index in [9.17, 15) is 9.59 Å². The molecule has 2 aromatic heterocycles. The second-order valence-corrected chi connectivity index (χ2v) is 7.20. The SMILES string of the molecule is Cc1oc(C)c(C(=O)OCC(=O)N[C@H](c2ccccc2)c2cccs2)c1C. The van der Waals surface area contributed by atoms with Crippen molar-refractivity contribution >= 4 is 23.2 Å². The number of amides is 1. The summed E-state index contributed by atoms with van der Waals surface area (Å²) in [5.41, 5.74) is 2.09. The van der Waals surface area contributed by atoms with Gasteiger partial charge in [0.05, 0.1) is 6.04 Å². The summed E-state index contributed by atoms with van der Waals surface area (Å²) in [5, 5.41) is 4.91. The fourth-order valence-electron chi connectivity index (χ4n) is 2.92. The number of aryl methyl sites for hydroxylation is 2. The molecule has 0 fully saturated rings. The molecule has 1 aromatic carbocycles. The minimum atomic E-state index is -0.551. The Morgan fingerprint density at radius 3 is 2.41 bits per heavy atom. The van der Waals surface area contributed by atoms with Gasteiger partial charge in [-0.2, -0.15) is 0 Å². The lowest BCUT2D eigenvalue weighted by Gasteiger charge is -2.18. The molecule has 2 heterocycles. The van der Waals surface area contributed by atoms with Gasteiger partial charge in [-0.15, -0.1) is 11.3 Å². The van der Waals surface area contributed by atoms with E-state index in [1.54, 1.807) is 32.1 Å². The smallest absolute Gasteiger partial charge is 0.342 e. The van der Waals surface area contributed by atoms with Gasteiger partial charge in [0, 0.05) is 10.4 Å². The molecule has 1 N–H and O–H groups in total. The number of furan rings is 1. The topological polar surface area (TPSA) is 68.5 Å². The van der Waals surface area contributed by atoms with Crippen LogP contribution in [0.15, 0.2) is 52.3 Å². The highest BCUT2D eigenvalue weighted by atomic mass is 32.1. The van der Waals surface area contributed by atoms with Gasteiger partial charge in [-0.25, -0.2) is 4.79 Å². The number of carbonyl (C=O) groups excluding carboxylic acids is 2. The predicted octanol–water partition coefficient (Wildman–Crippen LogP) is 4.33. The van der Waals surface area contributed by atoms with Crippen molar-refractivity contribution in [1.82, 2.24) is 5.32 Å². The Kier molecular flexibility index (Phi) is 5.76. The normalized spacial score (nSPS) is 11.8. The molecule has 0 unspecified atom stereocenters. The maximum atomic E-state index is 12.4. The summed E-state index contributed by atoms with van der Waals surface area (Å²) in [6.07, 6.45) is 0. The third kappa shape index (κ3) is 4.28. The molecule has 6 heteroatoms. The van der Waals surface area contributed by atoms with Gasteiger partial charge in [-0.05, 0) is 37.8 Å². The highest BCUT2D eigenvalue weighted by Crippen LogP contribution is 2.26. The van der Waals surface area contributed by atoms with Gasteiger partial charge < -0.3 is 14.5 Å². The lowest BCUT2D eigenvalue weighted by Crippen LogP contribution is -2.32. The van der Waals surface area contributed by atoms with Crippen LogP contribution in [-0.4, -0.2) is 18.5 Å². The molecule has 27 heavy (non-hydrogen) atoms. The first-order valence-electron chi connectivity index (χ1n) is 8.58. The summed E-state index contributed by atoms with van der Waals surface area (Å²) < 4.78 is 10.7. The Balaban J connectivity index is 1.67. The molecule has 5 nitrogen and oxygen atoms in total. The Morgan fingerprint density at radius 1 is 1.07 bits per heavy atom. The first-order chi connectivity index (χ1) is 13.0. The second kappa shape index (κ2) is 8.22. The quantitative estimate of drug-likeness (QED) is 0.643. The molecular formula is C21H21NO4S. The maximum absolute atomic E-state index is 12.4. The van der Waals surface area contributed by atoms with Crippen molar-refractivity contribution < 1.29 is 18.7 Å². The van der Waals surface area contributed by atoms with Gasteiger partial charge in [0.15, 0.2) is 6.61 Å². The molecule has 0 aliphatic rings. The summed E-state index contributed by atoms with van der Waals surface area (Å²) in [7, 11) is 0. The molecular weight excluding hydrogens is 362 g/mol. The lowest BCUT2D eigenvalue weighted by atomic mass is 10.1. The summed E-state index contributed by atoms with van der Waals surface area (Å²) in [5.74, 6) is 0.257. The third-order valence-electron chi connectivity index (χ3n) is 4.37. The average Bonchev–Trinajstić information content (AvgIpc) is 3.27. The molecule has 1 atom stereocenters. The molecule has 140 valence electrons. The Labute approximate surface area is 162 Å². The van der Waals surface area contributed by atoms with Crippen LogP contribution in [0.3, 0.4) is 0 Å². The van der Waals surface area contributed by atoms with Gasteiger partial charge in [0.25, 0.3) is 5.91 Å². The highest BCUT2D eigenvalue weighted by Gasteiger charge is 2.22. The fourth-order valence-corrected chi connectivity index (χ4v) is 3.72. The Bertz CT molecular complexity index is 929. The van der Waals surface area contributed by atoms with Crippen LogP contribution in [0.5, 0.6) is 0 Å². The molecule has 0 saturated carbocycles. The predicted molar refractivity (Wildman–Crippen MR) is 104 cm³/mol. The number of ether oxygens (including phenoxy) is 1. The largest absolute Gasteiger partial charge is 0.465 e. The third-order valence-corrected chi connectivity index (χ3v) is 5.30. The molecule has 0 aliphatic heterocycles. The van der Waals surface area contributed by atoms with E-state index in [0.717, 1.165) is 16.0 Å². The summed E-state index contributed by atoms with van der Waals surface area (Å²) >= 11 is 1.56. The molecule has 0 radical (unpaired) electrons. The summed E-state index contributed by atoms with van der Waals surface area (Å²) in [6, 6.07) is 13.3. The standard InChI is InChI=1S/C21H21NO4S/c1-13-14(2)26-15(3)19(13)21(24)25-12-18(23)22-20(17-10-7-11-27-17)16-8-5-4-6-9-16/h4-11,20H,12H2,1-3H3,(H,22,23)/t20-/m1/s1. The number of esters is 1. The number of benzene rings is 1. The first kappa shape index (κ1) is 18.9. The Hall–Kier alpha value is -2.86.